The van der Waals surface area contributed by atoms with Crippen LogP contribution in [0.1, 0.15) is 5.56 Å². The molecule has 2 rings (SSSR count). The molecule has 5 heteroatoms. The second kappa shape index (κ2) is 6.14. The van der Waals surface area contributed by atoms with E-state index in [-0.39, 0.29) is 28.9 Å². The molecule has 0 bridgehead atoms. The highest BCUT2D eigenvalue weighted by Gasteiger charge is 2.06. The third-order valence-electron chi connectivity index (χ3n) is 2.75. The number of hydrogen-bond donors (Lipinski definition) is 2. The molecule has 0 radical (unpaired) electrons. The zero-order valence-electron chi connectivity index (χ0n) is 10.8. The molecule has 0 unspecified atom stereocenters. The second-order valence-corrected chi connectivity index (χ2v) is 4.18. The summed E-state index contributed by atoms with van der Waals surface area (Å²) in [5.74, 6) is -0.0472. The molecule has 2 N–H and O–H groups in total. The maximum atomic E-state index is 11.9. The summed E-state index contributed by atoms with van der Waals surface area (Å²) in [5, 5.41) is 18.9. The van der Waals surface area contributed by atoms with Crippen LogP contribution in [0.15, 0.2) is 28.7 Å². The highest BCUT2D eigenvalue weighted by molar-refractivity contribution is 5.42. The lowest BCUT2D eigenvalue weighted by Crippen LogP contribution is -2.00. The first-order chi connectivity index (χ1) is 9.61. The van der Waals surface area contributed by atoms with E-state index in [4.69, 9.17) is 9.15 Å². The quantitative estimate of drug-likeness (QED) is 0.869. The van der Waals surface area contributed by atoms with Crippen LogP contribution in [0.5, 0.6) is 17.2 Å². The number of aromatic hydroxyl groups is 2. The van der Waals surface area contributed by atoms with Crippen molar-refractivity contribution in [3.63, 3.8) is 0 Å². The van der Waals surface area contributed by atoms with Crippen LogP contribution in [0, 0.1) is 0 Å². The highest BCUT2D eigenvalue weighted by atomic mass is 18.2. The summed E-state index contributed by atoms with van der Waals surface area (Å²) in [6.07, 6.45) is 2.14. The van der Waals surface area contributed by atoms with E-state index in [1.807, 2.05) is 12.1 Å². The molecule has 2 aromatic rings. The van der Waals surface area contributed by atoms with Gasteiger partial charge in [-0.1, -0.05) is 18.7 Å². The zero-order chi connectivity index (χ0) is 14.5. The maximum Gasteiger partial charge on any atom is 0.204 e. The van der Waals surface area contributed by atoms with Gasteiger partial charge in [-0.2, -0.15) is 0 Å². The average molecular weight is 277 g/mol. The molecule has 0 atom stereocenters. The minimum Gasteiger partial charge on any atom is -0.502 e. The van der Waals surface area contributed by atoms with E-state index in [1.165, 1.54) is 0 Å². The van der Waals surface area contributed by atoms with E-state index < -0.39 is 6.67 Å². The summed E-state index contributed by atoms with van der Waals surface area (Å²) in [6, 6.07) is 7.14. The van der Waals surface area contributed by atoms with Crippen molar-refractivity contribution in [3.05, 3.63) is 40.7 Å². The number of hydrogen-bond acceptors (Lipinski definition) is 4. The highest BCUT2D eigenvalue weighted by Crippen LogP contribution is 2.15. The summed E-state index contributed by atoms with van der Waals surface area (Å²) >= 11 is 0. The summed E-state index contributed by atoms with van der Waals surface area (Å²) in [5.41, 5.74) is 1.17. The molecule has 0 aliphatic rings. The predicted molar refractivity (Wildman–Crippen MR) is 72.9 cm³/mol. The van der Waals surface area contributed by atoms with Crippen molar-refractivity contribution in [2.45, 2.75) is 6.42 Å². The van der Waals surface area contributed by atoms with Crippen LogP contribution in [0.3, 0.4) is 0 Å². The van der Waals surface area contributed by atoms with Gasteiger partial charge in [-0.3, -0.25) is 0 Å². The fourth-order valence-electron chi connectivity index (χ4n) is 1.71. The average Bonchev–Trinajstić information content (AvgIpc) is 2.71. The third-order valence-corrected chi connectivity index (χ3v) is 2.75. The van der Waals surface area contributed by atoms with Gasteiger partial charge in [0.25, 0.3) is 0 Å². The zero-order valence-corrected chi connectivity index (χ0v) is 10.8. The van der Waals surface area contributed by atoms with Crippen LogP contribution in [-0.2, 0) is 6.42 Å². The number of halogens is 1. The molecule has 4 nitrogen and oxygen atoms in total. The Kier molecular flexibility index (Phi) is 4.30. The lowest BCUT2D eigenvalue weighted by atomic mass is 10.1. The Morgan fingerprint density at radius 1 is 1.20 bits per heavy atom. The van der Waals surface area contributed by atoms with Crippen LogP contribution < -0.4 is 15.6 Å². The van der Waals surface area contributed by atoms with Gasteiger partial charge in [0, 0.05) is 0 Å². The molecule has 106 valence electrons. The second-order valence-electron chi connectivity index (χ2n) is 4.18. The topological polar surface area (TPSA) is 62.8 Å². The summed E-state index contributed by atoms with van der Waals surface area (Å²) < 4.78 is 22.2. The molecule has 0 fully saturated rings. The first kappa shape index (κ1) is 14.0. The van der Waals surface area contributed by atoms with Crippen LogP contribution in [0.25, 0.3) is 12.7 Å². The van der Waals surface area contributed by atoms with Gasteiger partial charge in [0.1, 0.15) is 19.0 Å². The van der Waals surface area contributed by atoms with Crippen LogP contribution >= 0.6 is 0 Å². The molecular weight excluding hydrogens is 262 g/mol. The summed E-state index contributed by atoms with van der Waals surface area (Å²) in [7, 11) is 0. The lowest BCUT2D eigenvalue weighted by molar-refractivity contribution is 0.273. The smallest absolute Gasteiger partial charge is 0.204 e. The lowest BCUT2D eigenvalue weighted by Gasteiger charge is -2.03. The Balaban J connectivity index is 2.10. The van der Waals surface area contributed by atoms with Crippen molar-refractivity contribution in [1.82, 2.24) is 0 Å². The van der Waals surface area contributed by atoms with Crippen molar-refractivity contribution in [2.24, 2.45) is 0 Å². The predicted octanol–water partition coefficient (Wildman–Crippen LogP) is 1.47. The normalized spacial score (nSPS) is 11.8. The Bertz CT molecular complexity index is 673. The van der Waals surface area contributed by atoms with Gasteiger partial charge in [0.2, 0.25) is 11.5 Å². The monoisotopic (exact) mass is 277 g/mol. The van der Waals surface area contributed by atoms with Gasteiger partial charge in [-0.15, -0.1) is 0 Å². The minimum atomic E-state index is -0.524. The van der Waals surface area contributed by atoms with Crippen molar-refractivity contribution in [3.8, 4) is 17.2 Å². The van der Waals surface area contributed by atoms with E-state index in [9.17, 15) is 14.6 Å². The molecule has 0 saturated carbocycles. The molecule has 1 aromatic carbocycles. The number of rotatable bonds is 5. The van der Waals surface area contributed by atoms with Crippen molar-refractivity contribution in [1.29, 1.82) is 0 Å². The van der Waals surface area contributed by atoms with E-state index in [0.717, 1.165) is 5.56 Å². The van der Waals surface area contributed by atoms with E-state index in [1.54, 1.807) is 18.2 Å². The Morgan fingerprint density at radius 2 is 1.90 bits per heavy atom. The Hall–Kier alpha value is -2.43. The summed E-state index contributed by atoms with van der Waals surface area (Å²) in [6.45, 7) is 2.97. The number of alkyl halides is 1. The van der Waals surface area contributed by atoms with E-state index >= 15 is 0 Å². The summed E-state index contributed by atoms with van der Waals surface area (Å²) in [4.78, 5) is 0. The Labute approximate surface area is 115 Å². The number of furan rings is 1. The molecule has 0 amide bonds. The molecule has 20 heavy (non-hydrogen) atoms. The minimum absolute atomic E-state index is 0.0312. The maximum absolute atomic E-state index is 11.9. The van der Waals surface area contributed by atoms with Crippen molar-refractivity contribution in [2.75, 3.05) is 13.3 Å². The fraction of sp³-hybridized carbons (Fsp3) is 0.200. The largest absolute Gasteiger partial charge is 0.502 e. The molecular formula is C15H15FO4. The van der Waals surface area contributed by atoms with Crippen molar-refractivity contribution >= 4 is 12.7 Å². The SMILES string of the molecule is C=c1o/c(=C/Cc2ccc(OCC[18F])cc2)c(O)c1O. The molecule has 1 aromatic heterocycles. The van der Waals surface area contributed by atoms with Crippen LogP contribution in [0.2, 0.25) is 0 Å². The van der Waals surface area contributed by atoms with Gasteiger partial charge in [0.05, 0.1) is 0 Å². The van der Waals surface area contributed by atoms with Gasteiger partial charge < -0.3 is 19.4 Å². The van der Waals surface area contributed by atoms with Gasteiger partial charge in [-0.05, 0) is 30.2 Å². The fourth-order valence-corrected chi connectivity index (χ4v) is 1.71. The standard InChI is InChI=1S/C15H15FO4/c1-10-14(17)15(18)13(20-10)7-4-11-2-5-12(6-3-11)19-9-8-16/h2-3,5-7,17-18H,1,4,8-9H2/b13-7+/i16-1. The van der Waals surface area contributed by atoms with Gasteiger partial charge in [-0.25, -0.2) is 4.39 Å². The molecule has 1 heterocycles. The molecule has 0 aliphatic heterocycles. The first-order valence-electron chi connectivity index (χ1n) is 6.09. The first-order valence-corrected chi connectivity index (χ1v) is 6.09. The Morgan fingerprint density at radius 3 is 2.45 bits per heavy atom. The van der Waals surface area contributed by atoms with E-state index in [0.29, 0.717) is 12.2 Å². The van der Waals surface area contributed by atoms with Crippen molar-refractivity contribution < 1.29 is 23.8 Å². The third kappa shape index (κ3) is 3.12. The number of benzene rings is 1. The molecule has 0 spiro atoms. The molecule has 0 aliphatic carbocycles. The molecule has 0 saturated heterocycles. The van der Waals surface area contributed by atoms with Crippen LogP contribution in [0.4, 0.5) is 4.39 Å². The number of ether oxygens (including phenoxy) is 1. The van der Waals surface area contributed by atoms with Gasteiger partial charge in [0.15, 0.2) is 10.8 Å². The van der Waals surface area contributed by atoms with Gasteiger partial charge >= 0.3 is 0 Å². The van der Waals surface area contributed by atoms with Crippen LogP contribution in [-0.4, -0.2) is 23.5 Å². The van der Waals surface area contributed by atoms with E-state index in [2.05, 4.69) is 6.58 Å².